The summed E-state index contributed by atoms with van der Waals surface area (Å²) in [5.74, 6) is 0.946. The Hall–Kier alpha value is -1.81. The van der Waals surface area contributed by atoms with Crippen LogP contribution in [0.25, 0.3) is 10.9 Å². The van der Waals surface area contributed by atoms with E-state index in [9.17, 15) is 4.79 Å². The summed E-state index contributed by atoms with van der Waals surface area (Å²) >= 11 is 0. The summed E-state index contributed by atoms with van der Waals surface area (Å²) in [6.07, 6.45) is 10.2. The smallest absolute Gasteiger partial charge is 0.222 e. The van der Waals surface area contributed by atoms with Crippen LogP contribution in [-0.4, -0.2) is 53.0 Å². The predicted octanol–water partition coefficient (Wildman–Crippen LogP) is 3.83. The van der Waals surface area contributed by atoms with Gasteiger partial charge in [0.15, 0.2) is 0 Å². The lowest BCUT2D eigenvalue weighted by Crippen LogP contribution is -2.51. The lowest BCUT2D eigenvalue weighted by Gasteiger charge is -2.45. The second-order valence-corrected chi connectivity index (χ2v) is 8.56. The normalized spacial score (nSPS) is 23.3. The lowest BCUT2D eigenvalue weighted by atomic mass is 9.83. The zero-order chi connectivity index (χ0) is 18.8. The third-order valence-electron chi connectivity index (χ3n) is 6.75. The maximum atomic E-state index is 12.8. The van der Waals surface area contributed by atoms with E-state index in [4.69, 9.17) is 0 Å². The van der Waals surface area contributed by atoms with Gasteiger partial charge in [0.1, 0.15) is 0 Å². The molecule has 1 amide bonds. The summed E-state index contributed by atoms with van der Waals surface area (Å²) < 4.78 is 2.17. The molecule has 2 aliphatic heterocycles. The first-order chi connectivity index (χ1) is 13.1. The highest BCUT2D eigenvalue weighted by molar-refractivity contribution is 5.84. The van der Waals surface area contributed by atoms with Crippen molar-refractivity contribution in [3.8, 4) is 0 Å². The minimum absolute atomic E-state index is 0.288. The average Bonchev–Trinajstić information content (AvgIpc) is 3.02. The van der Waals surface area contributed by atoms with Crippen molar-refractivity contribution >= 4 is 16.8 Å². The van der Waals surface area contributed by atoms with Gasteiger partial charge in [-0.25, -0.2) is 0 Å². The van der Waals surface area contributed by atoms with Gasteiger partial charge in [-0.15, -0.1) is 0 Å². The van der Waals surface area contributed by atoms with Gasteiger partial charge in [0.05, 0.1) is 0 Å². The van der Waals surface area contributed by atoms with Crippen molar-refractivity contribution in [2.75, 3.05) is 26.7 Å². The Labute approximate surface area is 163 Å². The van der Waals surface area contributed by atoms with Crippen LogP contribution in [0.4, 0.5) is 0 Å². The van der Waals surface area contributed by atoms with Gasteiger partial charge in [-0.1, -0.05) is 24.6 Å². The molecule has 146 valence electrons. The summed E-state index contributed by atoms with van der Waals surface area (Å²) in [5.41, 5.74) is 2.53. The number of aryl methyl sites for hydroxylation is 2. The van der Waals surface area contributed by atoms with Crippen molar-refractivity contribution in [3.63, 3.8) is 0 Å². The van der Waals surface area contributed by atoms with Crippen LogP contribution >= 0.6 is 0 Å². The highest BCUT2D eigenvalue weighted by Gasteiger charge is 2.33. The van der Waals surface area contributed by atoms with Gasteiger partial charge in [-0.2, -0.15) is 0 Å². The van der Waals surface area contributed by atoms with Crippen molar-refractivity contribution in [3.05, 3.63) is 36.0 Å². The summed E-state index contributed by atoms with van der Waals surface area (Å²) in [4.78, 5) is 17.5. The minimum atomic E-state index is 0.288. The van der Waals surface area contributed by atoms with Crippen LogP contribution in [0.2, 0.25) is 0 Å². The first-order valence-corrected chi connectivity index (χ1v) is 10.6. The third kappa shape index (κ3) is 3.91. The molecule has 0 radical (unpaired) electrons. The van der Waals surface area contributed by atoms with Crippen molar-refractivity contribution in [2.45, 2.75) is 51.0 Å². The number of nitrogens with zero attached hydrogens (tertiary/aromatic N) is 3. The van der Waals surface area contributed by atoms with Gasteiger partial charge in [0.2, 0.25) is 5.91 Å². The van der Waals surface area contributed by atoms with Crippen LogP contribution in [0, 0.1) is 5.92 Å². The van der Waals surface area contributed by atoms with E-state index in [0.717, 1.165) is 13.0 Å². The summed E-state index contributed by atoms with van der Waals surface area (Å²) in [6.45, 7) is 3.45. The maximum absolute atomic E-state index is 12.8. The number of hydrogen-bond acceptors (Lipinski definition) is 2. The number of piperidine rings is 2. The fraction of sp³-hybridized carbons (Fsp3) is 0.609. The van der Waals surface area contributed by atoms with E-state index in [1.807, 2.05) is 11.9 Å². The molecule has 0 unspecified atom stereocenters. The Morgan fingerprint density at radius 3 is 2.85 bits per heavy atom. The van der Waals surface area contributed by atoms with Crippen molar-refractivity contribution in [2.24, 2.45) is 13.0 Å². The molecule has 2 aromatic rings. The molecule has 4 heteroatoms. The Bertz CT molecular complexity index is 794. The second-order valence-electron chi connectivity index (χ2n) is 8.56. The van der Waals surface area contributed by atoms with E-state index in [-0.39, 0.29) is 5.91 Å². The van der Waals surface area contributed by atoms with Gasteiger partial charge in [0, 0.05) is 50.2 Å². The number of carbonyl (C=O) groups is 1. The molecule has 3 heterocycles. The quantitative estimate of drug-likeness (QED) is 0.803. The fourth-order valence-corrected chi connectivity index (χ4v) is 5.30. The zero-order valence-corrected chi connectivity index (χ0v) is 16.9. The van der Waals surface area contributed by atoms with Crippen molar-refractivity contribution in [1.82, 2.24) is 14.4 Å². The number of benzene rings is 1. The van der Waals surface area contributed by atoms with Gasteiger partial charge in [-0.05, 0) is 62.7 Å². The Kier molecular flexibility index (Phi) is 5.53. The van der Waals surface area contributed by atoms with Gasteiger partial charge < -0.3 is 14.4 Å². The minimum Gasteiger partial charge on any atom is -0.350 e. The van der Waals surface area contributed by atoms with E-state index < -0.39 is 0 Å². The predicted molar refractivity (Wildman–Crippen MR) is 111 cm³/mol. The van der Waals surface area contributed by atoms with Crippen LogP contribution in [0.1, 0.15) is 44.1 Å². The molecule has 27 heavy (non-hydrogen) atoms. The number of aromatic nitrogens is 1. The van der Waals surface area contributed by atoms with Crippen LogP contribution < -0.4 is 0 Å². The molecular formula is C23H33N3O. The highest BCUT2D eigenvalue weighted by Crippen LogP contribution is 2.31. The molecule has 2 aliphatic rings. The Balaban J connectivity index is 1.35. The zero-order valence-electron chi connectivity index (χ0n) is 16.9. The molecule has 0 spiro atoms. The summed E-state index contributed by atoms with van der Waals surface area (Å²) in [5, 5.41) is 1.28. The molecule has 0 bridgehead atoms. The molecule has 1 aromatic heterocycles. The summed E-state index contributed by atoms with van der Waals surface area (Å²) in [7, 11) is 4.09. The van der Waals surface area contributed by atoms with Crippen LogP contribution in [0.3, 0.4) is 0 Å². The summed E-state index contributed by atoms with van der Waals surface area (Å²) in [6, 6.07) is 9.17. The standard InChI is InChI=1S/C23H33N3O/c1-24-16-18(20-9-3-4-11-22(20)24)12-13-23(27)25(2)17-19-8-7-15-26-14-6-5-10-21(19)26/h3-4,9,11,16,19,21H,5-8,10,12-15,17H2,1-2H3/t19-,21+/m0/s1. The molecule has 2 saturated heterocycles. The Morgan fingerprint density at radius 1 is 1.15 bits per heavy atom. The molecule has 2 fully saturated rings. The highest BCUT2D eigenvalue weighted by atomic mass is 16.2. The van der Waals surface area contributed by atoms with Gasteiger partial charge in [0.25, 0.3) is 0 Å². The van der Waals surface area contributed by atoms with Crippen LogP contribution in [-0.2, 0) is 18.3 Å². The number of hydrogen-bond donors (Lipinski definition) is 0. The molecule has 4 nitrogen and oxygen atoms in total. The first kappa shape index (κ1) is 18.5. The number of fused-ring (bicyclic) bond motifs is 2. The molecule has 0 aliphatic carbocycles. The molecular weight excluding hydrogens is 334 g/mol. The van der Waals surface area contributed by atoms with E-state index in [0.29, 0.717) is 18.4 Å². The van der Waals surface area contributed by atoms with Crippen molar-refractivity contribution in [1.29, 1.82) is 0 Å². The Morgan fingerprint density at radius 2 is 1.96 bits per heavy atom. The number of amides is 1. The molecule has 4 rings (SSSR count). The molecule has 0 saturated carbocycles. The van der Waals surface area contributed by atoms with E-state index >= 15 is 0 Å². The molecule has 2 atom stereocenters. The second kappa shape index (κ2) is 8.05. The number of rotatable bonds is 5. The van der Waals surface area contributed by atoms with Gasteiger partial charge in [-0.3, -0.25) is 4.79 Å². The van der Waals surface area contributed by atoms with E-state index in [1.165, 1.54) is 61.7 Å². The van der Waals surface area contributed by atoms with Crippen LogP contribution in [0.15, 0.2) is 30.5 Å². The maximum Gasteiger partial charge on any atom is 0.222 e. The number of carbonyl (C=O) groups excluding carboxylic acids is 1. The molecule has 1 aromatic carbocycles. The fourth-order valence-electron chi connectivity index (χ4n) is 5.30. The average molecular weight is 368 g/mol. The van der Waals surface area contributed by atoms with E-state index in [2.05, 4.69) is 47.0 Å². The number of para-hydroxylation sites is 1. The van der Waals surface area contributed by atoms with Crippen LogP contribution in [0.5, 0.6) is 0 Å². The topological polar surface area (TPSA) is 28.5 Å². The van der Waals surface area contributed by atoms with Crippen molar-refractivity contribution < 1.29 is 4.79 Å². The largest absolute Gasteiger partial charge is 0.350 e. The van der Waals surface area contributed by atoms with Gasteiger partial charge >= 0.3 is 0 Å². The third-order valence-corrected chi connectivity index (χ3v) is 6.75. The SMILES string of the molecule is CN(C[C@@H]1CCCN2CCCC[C@H]12)C(=O)CCc1cn(C)c2ccccc12. The monoisotopic (exact) mass is 367 g/mol. The van der Waals surface area contributed by atoms with E-state index in [1.54, 1.807) is 0 Å². The lowest BCUT2D eigenvalue weighted by molar-refractivity contribution is -0.131. The first-order valence-electron chi connectivity index (χ1n) is 10.6. The molecule has 0 N–H and O–H groups in total.